The molecule has 0 atom stereocenters. The van der Waals surface area contributed by atoms with Gasteiger partial charge in [-0.05, 0) is 23.6 Å². The molecule has 0 spiro atoms. The van der Waals surface area contributed by atoms with Gasteiger partial charge in [0.15, 0.2) is 0 Å². The Balaban J connectivity index is 2.14. The molecule has 0 saturated carbocycles. The molecule has 20 heavy (non-hydrogen) atoms. The molecule has 106 valence electrons. The van der Waals surface area contributed by atoms with Crippen LogP contribution in [0.4, 0.5) is 5.69 Å². The molecule has 1 heterocycles. The second-order valence-electron chi connectivity index (χ2n) is 4.96. The molecule has 0 aliphatic rings. The number of hydrogen-bond donors (Lipinski definition) is 1. The van der Waals surface area contributed by atoms with Gasteiger partial charge in [-0.15, -0.1) is 5.10 Å². The fraction of sp³-hybridized carbons (Fsp3) is 0.333. The largest absolute Gasteiger partial charge is 0.479 e. The fourth-order valence-electron chi connectivity index (χ4n) is 1.92. The Morgan fingerprint density at radius 2 is 1.95 bits per heavy atom. The number of hydrogen-bond acceptors (Lipinski definition) is 3. The number of benzene rings is 1. The Morgan fingerprint density at radius 1 is 1.30 bits per heavy atom. The van der Waals surface area contributed by atoms with Crippen molar-refractivity contribution in [2.24, 2.45) is 7.05 Å². The fourth-order valence-corrected chi connectivity index (χ4v) is 1.92. The molecule has 1 aromatic heterocycles. The van der Waals surface area contributed by atoms with Crippen LogP contribution in [0, 0.1) is 0 Å². The molecule has 1 N–H and O–H groups in total. The molecule has 5 heteroatoms. The molecule has 1 amide bonds. The highest BCUT2D eigenvalue weighted by Gasteiger charge is 2.16. The van der Waals surface area contributed by atoms with E-state index >= 15 is 0 Å². The molecular weight excluding hydrogens is 254 g/mol. The van der Waals surface area contributed by atoms with Crippen LogP contribution < -0.4 is 10.1 Å². The second-order valence-corrected chi connectivity index (χ2v) is 4.96. The quantitative estimate of drug-likeness (QED) is 0.932. The minimum atomic E-state index is -0.229. The van der Waals surface area contributed by atoms with E-state index in [4.69, 9.17) is 4.74 Å². The standard InChI is InChI=1S/C15H19N3O2/c1-10(2)11-5-7-12(8-6-11)16-14(19)13-9-18(3)17-15(13)20-4/h5-10H,1-4H3,(H,16,19). The van der Waals surface area contributed by atoms with Gasteiger partial charge in [0, 0.05) is 18.9 Å². The van der Waals surface area contributed by atoms with E-state index in [2.05, 4.69) is 24.3 Å². The Hall–Kier alpha value is -2.30. The van der Waals surface area contributed by atoms with E-state index in [1.165, 1.54) is 12.7 Å². The first-order valence-corrected chi connectivity index (χ1v) is 6.50. The predicted molar refractivity (Wildman–Crippen MR) is 78.2 cm³/mol. The van der Waals surface area contributed by atoms with Crippen molar-refractivity contribution in [1.82, 2.24) is 9.78 Å². The normalized spacial score (nSPS) is 10.7. The van der Waals surface area contributed by atoms with Crippen molar-refractivity contribution < 1.29 is 9.53 Å². The third-order valence-electron chi connectivity index (χ3n) is 3.07. The van der Waals surface area contributed by atoms with Crippen LogP contribution in [0.1, 0.15) is 35.7 Å². The number of nitrogens with one attached hydrogen (secondary N) is 1. The summed E-state index contributed by atoms with van der Waals surface area (Å²) in [6, 6.07) is 7.83. The average Bonchev–Trinajstić information content (AvgIpc) is 2.80. The van der Waals surface area contributed by atoms with Gasteiger partial charge in [-0.2, -0.15) is 0 Å². The van der Waals surface area contributed by atoms with Gasteiger partial charge in [0.05, 0.1) is 7.11 Å². The number of nitrogens with zero attached hydrogens (tertiary/aromatic N) is 2. The van der Waals surface area contributed by atoms with Crippen molar-refractivity contribution in [3.63, 3.8) is 0 Å². The maximum absolute atomic E-state index is 12.2. The second kappa shape index (κ2) is 5.77. The van der Waals surface area contributed by atoms with E-state index < -0.39 is 0 Å². The zero-order chi connectivity index (χ0) is 14.7. The predicted octanol–water partition coefficient (Wildman–Crippen LogP) is 2.80. The molecule has 0 saturated heterocycles. The first-order valence-electron chi connectivity index (χ1n) is 6.50. The SMILES string of the molecule is COc1nn(C)cc1C(=O)Nc1ccc(C(C)C)cc1. The summed E-state index contributed by atoms with van der Waals surface area (Å²) in [7, 11) is 3.24. The number of anilines is 1. The van der Waals surface area contributed by atoms with Gasteiger partial charge in [0.25, 0.3) is 5.91 Å². The summed E-state index contributed by atoms with van der Waals surface area (Å²) in [5.74, 6) is 0.564. The molecule has 0 unspecified atom stereocenters. The van der Waals surface area contributed by atoms with E-state index in [0.717, 1.165) is 5.69 Å². The van der Waals surface area contributed by atoms with Crippen LogP contribution in [0.2, 0.25) is 0 Å². The maximum Gasteiger partial charge on any atom is 0.262 e. The van der Waals surface area contributed by atoms with Crippen molar-refractivity contribution in [3.05, 3.63) is 41.6 Å². The highest BCUT2D eigenvalue weighted by atomic mass is 16.5. The van der Waals surface area contributed by atoms with Crippen LogP contribution in [0.3, 0.4) is 0 Å². The van der Waals surface area contributed by atoms with Gasteiger partial charge >= 0.3 is 0 Å². The van der Waals surface area contributed by atoms with Gasteiger partial charge in [-0.1, -0.05) is 26.0 Å². The summed E-state index contributed by atoms with van der Waals surface area (Å²) in [5.41, 5.74) is 2.41. The van der Waals surface area contributed by atoms with Gasteiger partial charge in [-0.25, -0.2) is 0 Å². The van der Waals surface area contributed by atoms with Crippen molar-refractivity contribution in [3.8, 4) is 5.88 Å². The molecule has 0 aliphatic carbocycles. The van der Waals surface area contributed by atoms with E-state index in [1.54, 1.807) is 17.9 Å². The van der Waals surface area contributed by atoms with Crippen LogP contribution in [0.25, 0.3) is 0 Å². The first kappa shape index (κ1) is 14.1. The summed E-state index contributed by atoms with van der Waals surface area (Å²) >= 11 is 0. The third-order valence-corrected chi connectivity index (χ3v) is 3.07. The van der Waals surface area contributed by atoms with E-state index in [9.17, 15) is 4.79 Å². The molecule has 1 aromatic carbocycles. The van der Waals surface area contributed by atoms with Crippen LogP contribution >= 0.6 is 0 Å². The molecular formula is C15H19N3O2. The number of amides is 1. The topological polar surface area (TPSA) is 56.2 Å². The Labute approximate surface area is 118 Å². The lowest BCUT2D eigenvalue weighted by Crippen LogP contribution is -2.12. The van der Waals surface area contributed by atoms with Crippen molar-refractivity contribution in [2.75, 3.05) is 12.4 Å². The Kier molecular flexibility index (Phi) is 4.08. The summed E-state index contributed by atoms with van der Waals surface area (Å²) in [6.07, 6.45) is 1.64. The zero-order valence-corrected chi connectivity index (χ0v) is 12.2. The van der Waals surface area contributed by atoms with Crippen LogP contribution in [-0.4, -0.2) is 22.8 Å². The smallest absolute Gasteiger partial charge is 0.262 e. The number of carbonyl (C=O) groups excluding carboxylic acids is 1. The molecule has 0 aliphatic heterocycles. The first-order chi connectivity index (χ1) is 9.51. The highest BCUT2D eigenvalue weighted by Crippen LogP contribution is 2.20. The van der Waals surface area contributed by atoms with Gasteiger partial charge in [0.2, 0.25) is 5.88 Å². The van der Waals surface area contributed by atoms with E-state index in [-0.39, 0.29) is 5.91 Å². The minimum absolute atomic E-state index is 0.229. The summed E-state index contributed by atoms with van der Waals surface area (Å²) < 4.78 is 6.63. The zero-order valence-electron chi connectivity index (χ0n) is 12.2. The lowest BCUT2D eigenvalue weighted by Gasteiger charge is -2.08. The molecule has 0 fully saturated rings. The Bertz CT molecular complexity index is 600. The van der Waals surface area contributed by atoms with Gasteiger partial charge in [0.1, 0.15) is 5.56 Å². The molecule has 5 nitrogen and oxygen atoms in total. The van der Waals surface area contributed by atoms with Crippen LogP contribution in [0.5, 0.6) is 5.88 Å². The highest BCUT2D eigenvalue weighted by molar-refractivity contribution is 6.05. The molecule has 2 aromatic rings. The average molecular weight is 273 g/mol. The monoisotopic (exact) mass is 273 g/mol. The van der Waals surface area contributed by atoms with Crippen molar-refractivity contribution >= 4 is 11.6 Å². The molecule has 0 bridgehead atoms. The lowest BCUT2D eigenvalue weighted by molar-refractivity contribution is 0.102. The van der Waals surface area contributed by atoms with Crippen LogP contribution in [0.15, 0.2) is 30.5 Å². The minimum Gasteiger partial charge on any atom is -0.479 e. The van der Waals surface area contributed by atoms with Crippen LogP contribution in [-0.2, 0) is 7.05 Å². The van der Waals surface area contributed by atoms with E-state index in [1.807, 2.05) is 24.3 Å². The van der Waals surface area contributed by atoms with E-state index in [0.29, 0.717) is 17.4 Å². The number of aryl methyl sites for hydroxylation is 1. The maximum atomic E-state index is 12.2. The molecule has 2 rings (SSSR count). The van der Waals surface area contributed by atoms with Gasteiger partial charge in [-0.3, -0.25) is 9.48 Å². The van der Waals surface area contributed by atoms with Crippen molar-refractivity contribution in [1.29, 1.82) is 0 Å². The number of carbonyl (C=O) groups is 1. The number of rotatable bonds is 4. The third kappa shape index (κ3) is 2.99. The summed E-state index contributed by atoms with van der Waals surface area (Å²) in [4.78, 5) is 12.2. The number of aromatic nitrogens is 2. The van der Waals surface area contributed by atoms with Gasteiger partial charge < -0.3 is 10.1 Å². The molecule has 0 radical (unpaired) electrons. The number of methoxy groups -OCH3 is 1. The summed E-state index contributed by atoms with van der Waals surface area (Å²) in [6.45, 7) is 4.27. The lowest BCUT2D eigenvalue weighted by atomic mass is 10.0. The Morgan fingerprint density at radius 3 is 2.50 bits per heavy atom. The number of ether oxygens (including phenoxy) is 1. The summed E-state index contributed by atoms with van der Waals surface area (Å²) in [5, 5.41) is 6.90. The van der Waals surface area contributed by atoms with Crippen molar-refractivity contribution in [2.45, 2.75) is 19.8 Å².